The Bertz CT molecular complexity index is 912. The average molecular weight is 346 g/mol. The van der Waals surface area contributed by atoms with E-state index in [2.05, 4.69) is 10.6 Å². The molecule has 0 aliphatic carbocycles. The molecule has 5 heteroatoms. The van der Waals surface area contributed by atoms with Gasteiger partial charge in [-0.2, -0.15) is 0 Å². The highest BCUT2D eigenvalue weighted by atomic mass is 16.5. The number of carbonyl (C=O) groups excluding carboxylic acids is 1. The number of benzene rings is 3. The van der Waals surface area contributed by atoms with Crippen LogP contribution in [0.25, 0.3) is 0 Å². The number of amides is 1. The van der Waals surface area contributed by atoms with Gasteiger partial charge >= 0.3 is 0 Å². The molecule has 0 saturated carbocycles. The molecule has 1 aliphatic heterocycles. The molecule has 1 atom stereocenters. The van der Waals surface area contributed by atoms with Crippen LogP contribution in [-0.2, 0) is 0 Å². The zero-order valence-electron chi connectivity index (χ0n) is 14.0. The maximum Gasteiger partial charge on any atom is 0.255 e. The van der Waals surface area contributed by atoms with Gasteiger partial charge in [-0.05, 0) is 36.4 Å². The maximum atomic E-state index is 12.1. The van der Waals surface area contributed by atoms with Crippen LogP contribution in [0, 0.1) is 0 Å². The topological polar surface area (TPSA) is 59.6 Å². The summed E-state index contributed by atoms with van der Waals surface area (Å²) in [5, 5.41) is 6.15. The van der Waals surface area contributed by atoms with Crippen LogP contribution >= 0.6 is 0 Å². The molecule has 4 rings (SSSR count). The van der Waals surface area contributed by atoms with E-state index in [1.54, 1.807) is 6.07 Å². The standard InChI is InChI=1S/C21H18N2O3/c24-21-18-11-4-5-12-19(18)22-20(23-21)14-25-16-9-6-10-17(13-16)26-15-7-2-1-3-8-15/h1-13,20,22H,14H2,(H,23,24). The first-order valence-corrected chi connectivity index (χ1v) is 8.40. The number of carbonyl (C=O) groups is 1. The molecule has 1 unspecified atom stereocenters. The van der Waals surface area contributed by atoms with Gasteiger partial charge in [-0.1, -0.05) is 36.4 Å². The Balaban J connectivity index is 1.39. The number of rotatable bonds is 5. The van der Waals surface area contributed by atoms with E-state index in [4.69, 9.17) is 9.47 Å². The van der Waals surface area contributed by atoms with Crippen LogP contribution < -0.4 is 20.1 Å². The van der Waals surface area contributed by atoms with E-state index in [1.807, 2.05) is 72.8 Å². The van der Waals surface area contributed by atoms with Gasteiger partial charge in [0.25, 0.3) is 5.91 Å². The summed E-state index contributed by atoms with van der Waals surface area (Å²) in [7, 11) is 0. The van der Waals surface area contributed by atoms with Crippen LogP contribution in [0.2, 0.25) is 0 Å². The Morgan fingerprint density at radius 2 is 1.50 bits per heavy atom. The van der Waals surface area contributed by atoms with Crippen molar-refractivity contribution in [2.75, 3.05) is 11.9 Å². The van der Waals surface area contributed by atoms with Gasteiger partial charge in [0.15, 0.2) is 0 Å². The molecule has 3 aromatic carbocycles. The monoisotopic (exact) mass is 346 g/mol. The molecule has 0 spiro atoms. The van der Waals surface area contributed by atoms with Crippen molar-refractivity contribution in [3.8, 4) is 17.2 Å². The first-order valence-electron chi connectivity index (χ1n) is 8.40. The van der Waals surface area contributed by atoms with E-state index >= 15 is 0 Å². The second kappa shape index (κ2) is 7.19. The molecule has 1 heterocycles. The largest absolute Gasteiger partial charge is 0.489 e. The minimum absolute atomic E-state index is 0.103. The van der Waals surface area contributed by atoms with Crippen LogP contribution in [0.3, 0.4) is 0 Å². The molecular weight excluding hydrogens is 328 g/mol. The summed E-state index contributed by atoms with van der Waals surface area (Å²) in [6.45, 7) is 0.300. The van der Waals surface area contributed by atoms with Gasteiger partial charge in [0.1, 0.15) is 30.0 Å². The third kappa shape index (κ3) is 3.62. The lowest BCUT2D eigenvalue weighted by atomic mass is 10.1. The summed E-state index contributed by atoms with van der Waals surface area (Å²) >= 11 is 0. The summed E-state index contributed by atoms with van der Waals surface area (Å²) in [6.07, 6.45) is -0.295. The Morgan fingerprint density at radius 3 is 2.38 bits per heavy atom. The van der Waals surface area contributed by atoms with E-state index < -0.39 is 0 Å². The normalized spacial score (nSPS) is 15.4. The zero-order chi connectivity index (χ0) is 17.8. The molecule has 130 valence electrons. The number of hydrogen-bond donors (Lipinski definition) is 2. The Labute approximate surface area is 151 Å². The van der Waals surface area contributed by atoms with E-state index in [9.17, 15) is 4.79 Å². The molecule has 26 heavy (non-hydrogen) atoms. The van der Waals surface area contributed by atoms with E-state index in [1.165, 1.54) is 0 Å². The summed E-state index contributed by atoms with van der Waals surface area (Å²) in [5.74, 6) is 2.03. The Morgan fingerprint density at radius 1 is 0.769 bits per heavy atom. The lowest BCUT2D eigenvalue weighted by Gasteiger charge is -2.27. The van der Waals surface area contributed by atoms with Gasteiger partial charge in [0.05, 0.1) is 5.56 Å². The average Bonchev–Trinajstić information content (AvgIpc) is 2.68. The number of ether oxygens (including phenoxy) is 2. The summed E-state index contributed by atoms with van der Waals surface area (Å²) in [6, 6.07) is 24.4. The van der Waals surface area contributed by atoms with Crippen LogP contribution in [-0.4, -0.2) is 18.7 Å². The smallest absolute Gasteiger partial charge is 0.255 e. The molecular formula is C21H18N2O3. The first kappa shape index (κ1) is 16.0. The fraction of sp³-hybridized carbons (Fsp3) is 0.0952. The van der Waals surface area contributed by atoms with Crippen molar-refractivity contribution in [2.24, 2.45) is 0 Å². The number of nitrogens with one attached hydrogen (secondary N) is 2. The lowest BCUT2D eigenvalue weighted by molar-refractivity contribution is 0.0921. The Kier molecular flexibility index (Phi) is 4.43. The SMILES string of the molecule is O=C1NC(COc2cccc(Oc3ccccc3)c2)Nc2ccccc21. The lowest BCUT2D eigenvalue weighted by Crippen LogP contribution is -2.48. The molecule has 1 amide bonds. The second-order valence-corrected chi connectivity index (χ2v) is 5.92. The van der Waals surface area contributed by atoms with Crippen molar-refractivity contribution in [3.05, 3.63) is 84.4 Å². The van der Waals surface area contributed by atoms with E-state index in [0.29, 0.717) is 23.7 Å². The summed E-state index contributed by atoms with van der Waals surface area (Å²) < 4.78 is 11.6. The zero-order valence-corrected chi connectivity index (χ0v) is 14.0. The molecule has 0 radical (unpaired) electrons. The highest BCUT2D eigenvalue weighted by Crippen LogP contribution is 2.25. The van der Waals surface area contributed by atoms with Gasteiger partial charge in [0, 0.05) is 11.8 Å². The van der Waals surface area contributed by atoms with Crippen LogP contribution in [0.15, 0.2) is 78.9 Å². The molecule has 5 nitrogen and oxygen atoms in total. The fourth-order valence-electron chi connectivity index (χ4n) is 2.78. The van der Waals surface area contributed by atoms with Crippen molar-refractivity contribution in [3.63, 3.8) is 0 Å². The quantitative estimate of drug-likeness (QED) is 0.732. The molecule has 2 N–H and O–H groups in total. The van der Waals surface area contributed by atoms with Crippen LogP contribution in [0.5, 0.6) is 17.2 Å². The van der Waals surface area contributed by atoms with Crippen molar-refractivity contribution in [1.29, 1.82) is 0 Å². The maximum absolute atomic E-state index is 12.1. The van der Waals surface area contributed by atoms with E-state index in [-0.39, 0.29) is 12.1 Å². The number of anilines is 1. The van der Waals surface area contributed by atoms with Gasteiger partial charge in [-0.3, -0.25) is 4.79 Å². The van der Waals surface area contributed by atoms with Crippen molar-refractivity contribution >= 4 is 11.6 Å². The van der Waals surface area contributed by atoms with Crippen LogP contribution in [0.1, 0.15) is 10.4 Å². The highest BCUT2D eigenvalue weighted by molar-refractivity contribution is 6.01. The minimum Gasteiger partial charge on any atom is -0.489 e. The first-order chi connectivity index (χ1) is 12.8. The van der Waals surface area contributed by atoms with Crippen molar-refractivity contribution in [2.45, 2.75) is 6.17 Å². The highest BCUT2D eigenvalue weighted by Gasteiger charge is 2.23. The number of hydrogen-bond acceptors (Lipinski definition) is 4. The Hall–Kier alpha value is -3.47. The van der Waals surface area contributed by atoms with Gasteiger partial charge in [0.2, 0.25) is 0 Å². The van der Waals surface area contributed by atoms with E-state index in [0.717, 1.165) is 11.4 Å². The predicted molar refractivity (Wildman–Crippen MR) is 99.8 cm³/mol. The third-order valence-electron chi connectivity index (χ3n) is 4.01. The predicted octanol–water partition coefficient (Wildman–Crippen LogP) is 4.04. The molecule has 1 aliphatic rings. The van der Waals surface area contributed by atoms with Gasteiger partial charge in [-0.25, -0.2) is 0 Å². The summed E-state index contributed by atoms with van der Waals surface area (Å²) in [5.41, 5.74) is 1.45. The molecule has 3 aromatic rings. The van der Waals surface area contributed by atoms with Gasteiger partial charge < -0.3 is 20.1 Å². The number of para-hydroxylation sites is 2. The third-order valence-corrected chi connectivity index (χ3v) is 4.01. The minimum atomic E-state index is -0.295. The van der Waals surface area contributed by atoms with Gasteiger partial charge in [-0.15, -0.1) is 0 Å². The molecule has 0 fully saturated rings. The number of fused-ring (bicyclic) bond motifs is 1. The molecule has 0 bridgehead atoms. The summed E-state index contributed by atoms with van der Waals surface area (Å²) in [4.78, 5) is 12.1. The van der Waals surface area contributed by atoms with Crippen molar-refractivity contribution in [1.82, 2.24) is 5.32 Å². The molecule has 0 saturated heterocycles. The van der Waals surface area contributed by atoms with Crippen LogP contribution in [0.4, 0.5) is 5.69 Å². The molecule has 0 aromatic heterocycles. The second-order valence-electron chi connectivity index (χ2n) is 5.92. The van der Waals surface area contributed by atoms with Crippen molar-refractivity contribution < 1.29 is 14.3 Å². The fourth-order valence-corrected chi connectivity index (χ4v) is 2.78.